The Labute approximate surface area is 84.3 Å². The minimum Gasteiger partial charge on any atom is -0.480 e. The van der Waals surface area contributed by atoms with Crippen molar-refractivity contribution in [3.8, 4) is 0 Å². The van der Waals surface area contributed by atoms with E-state index < -0.39 is 11.5 Å². The van der Waals surface area contributed by atoms with Crippen molar-refractivity contribution in [1.82, 2.24) is 9.80 Å². The Kier molecular flexibility index (Phi) is 4.07. The molecule has 0 aliphatic rings. The SMILES string of the molecule is CN(C)C(=O)CN(C)C(C)(C)C(=O)O. The van der Waals surface area contributed by atoms with Gasteiger partial charge in [0.15, 0.2) is 0 Å². The van der Waals surface area contributed by atoms with Gasteiger partial charge in [-0.05, 0) is 20.9 Å². The van der Waals surface area contributed by atoms with Gasteiger partial charge in [-0.3, -0.25) is 14.5 Å². The fourth-order valence-electron chi connectivity index (χ4n) is 0.705. The van der Waals surface area contributed by atoms with E-state index in [2.05, 4.69) is 0 Å². The number of carbonyl (C=O) groups is 2. The van der Waals surface area contributed by atoms with Crippen LogP contribution in [0.3, 0.4) is 0 Å². The second kappa shape index (κ2) is 4.41. The molecule has 0 saturated heterocycles. The summed E-state index contributed by atoms with van der Waals surface area (Å²) < 4.78 is 0. The van der Waals surface area contributed by atoms with Crippen molar-refractivity contribution in [1.29, 1.82) is 0 Å². The summed E-state index contributed by atoms with van der Waals surface area (Å²) in [5.74, 6) is -1.05. The molecule has 1 amide bonds. The quantitative estimate of drug-likeness (QED) is 0.690. The zero-order valence-electron chi connectivity index (χ0n) is 9.37. The Morgan fingerprint density at radius 3 is 1.93 bits per heavy atom. The van der Waals surface area contributed by atoms with Crippen LogP contribution in [0.1, 0.15) is 13.8 Å². The topological polar surface area (TPSA) is 60.9 Å². The number of carboxylic acids is 1. The molecule has 82 valence electrons. The van der Waals surface area contributed by atoms with E-state index in [1.165, 1.54) is 9.80 Å². The number of carboxylic acid groups (broad SMARTS) is 1. The van der Waals surface area contributed by atoms with Crippen molar-refractivity contribution >= 4 is 11.9 Å². The molecule has 0 rings (SSSR count). The number of aliphatic carboxylic acids is 1. The maximum Gasteiger partial charge on any atom is 0.323 e. The summed E-state index contributed by atoms with van der Waals surface area (Å²) >= 11 is 0. The molecule has 1 N–H and O–H groups in total. The first-order valence-electron chi connectivity index (χ1n) is 4.34. The summed E-state index contributed by atoms with van der Waals surface area (Å²) in [7, 11) is 4.91. The van der Waals surface area contributed by atoms with E-state index in [9.17, 15) is 9.59 Å². The summed E-state index contributed by atoms with van der Waals surface area (Å²) in [6.07, 6.45) is 0. The van der Waals surface area contributed by atoms with Crippen LogP contribution < -0.4 is 0 Å². The summed E-state index contributed by atoms with van der Waals surface area (Å²) in [6, 6.07) is 0. The molecule has 0 fully saturated rings. The molecule has 0 aliphatic heterocycles. The minimum absolute atomic E-state index is 0.103. The van der Waals surface area contributed by atoms with Crippen molar-refractivity contribution in [2.45, 2.75) is 19.4 Å². The number of carbonyl (C=O) groups excluding carboxylic acids is 1. The van der Waals surface area contributed by atoms with Crippen molar-refractivity contribution in [3.05, 3.63) is 0 Å². The molecule has 5 nitrogen and oxygen atoms in total. The van der Waals surface area contributed by atoms with Gasteiger partial charge in [-0.2, -0.15) is 0 Å². The van der Waals surface area contributed by atoms with Gasteiger partial charge in [-0.15, -0.1) is 0 Å². The summed E-state index contributed by atoms with van der Waals surface area (Å²) in [5, 5.41) is 8.90. The van der Waals surface area contributed by atoms with Gasteiger partial charge in [0.25, 0.3) is 0 Å². The molecule has 14 heavy (non-hydrogen) atoms. The van der Waals surface area contributed by atoms with Crippen LogP contribution in [-0.2, 0) is 9.59 Å². The van der Waals surface area contributed by atoms with Crippen molar-refractivity contribution < 1.29 is 14.7 Å². The van der Waals surface area contributed by atoms with Crippen LogP contribution in [0.4, 0.5) is 0 Å². The third-order valence-corrected chi connectivity index (χ3v) is 2.35. The molecule has 5 heteroatoms. The van der Waals surface area contributed by atoms with Gasteiger partial charge < -0.3 is 10.0 Å². The summed E-state index contributed by atoms with van der Waals surface area (Å²) in [4.78, 5) is 25.1. The molecule has 0 heterocycles. The van der Waals surface area contributed by atoms with Gasteiger partial charge in [0.05, 0.1) is 6.54 Å². The van der Waals surface area contributed by atoms with E-state index in [0.717, 1.165) is 0 Å². The van der Waals surface area contributed by atoms with Crippen LogP contribution in [0, 0.1) is 0 Å². The normalized spacial score (nSPS) is 11.6. The lowest BCUT2D eigenvalue weighted by Crippen LogP contribution is -2.51. The number of nitrogens with zero attached hydrogens (tertiary/aromatic N) is 2. The van der Waals surface area contributed by atoms with E-state index in [0.29, 0.717) is 0 Å². The predicted molar refractivity (Wildman–Crippen MR) is 53.0 cm³/mol. The highest BCUT2D eigenvalue weighted by Crippen LogP contribution is 2.11. The van der Waals surface area contributed by atoms with Gasteiger partial charge in [0.2, 0.25) is 5.91 Å². The number of hydrogen-bond donors (Lipinski definition) is 1. The van der Waals surface area contributed by atoms with E-state index >= 15 is 0 Å². The Hall–Kier alpha value is -1.10. The van der Waals surface area contributed by atoms with E-state index in [-0.39, 0.29) is 12.5 Å². The number of hydrogen-bond acceptors (Lipinski definition) is 3. The summed E-state index contributed by atoms with van der Waals surface area (Å²) in [5.41, 5.74) is -1.02. The molecule has 0 aromatic rings. The predicted octanol–water partition coefficient (Wildman–Crippen LogP) is -0.130. The maximum absolute atomic E-state index is 11.3. The molecule has 0 spiro atoms. The zero-order valence-corrected chi connectivity index (χ0v) is 9.37. The molecule has 0 unspecified atom stereocenters. The third kappa shape index (κ3) is 2.99. The first-order chi connectivity index (χ1) is 6.19. The standard InChI is InChI=1S/C9H18N2O3/c1-9(2,8(13)14)11(5)6-7(12)10(3)4/h6H2,1-5H3,(H,13,14). The maximum atomic E-state index is 11.3. The van der Waals surface area contributed by atoms with Gasteiger partial charge in [0.1, 0.15) is 5.54 Å². The van der Waals surface area contributed by atoms with Crippen LogP contribution >= 0.6 is 0 Å². The highest BCUT2D eigenvalue weighted by Gasteiger charge is 2.33. The van der Waals surface area contributed by atoms with Crippen LogP contribution in [0.15, 0.2) is 0 Å². The largest absolute Gasteiger partial charge is 0.480 e. The molecule has 0 radical (unpaired) electrons. The van der Waals surface area contributed by atoms with E-state index in [4.69, 9.17) is 5.11 Å². The number of likely N-dealkylation sites (N-methyl/N-ethyl adjacent to an activating group) is 2. The summed E-state index contributed by atoms with van der Waals surface area (Å²) in [6.45, 7) is 3.24. The second-order valence-electron chi connectivity index (χ2n) is 4.01. The van der Waals surface area contributed by atoms with Gasteiger partial charge in [0, 0.05) is 14.1 Å². The van der Waals surface area contributed by atoms with Crippen molar-refractivity contribution in [2.75, 3.05) is 27.7 Å². The number of amides is 1. The minimum atomic E-state index is -1.02. The lowest BCUT2D eigenvalue weighted by Gasteiger charge is -2.31. The molecular formula is C9H18N2O3. The molecule has 0 saturated carbocycles. The second-order valence-corrected chi connectivity index (χ2v) is 4.01. The Morgan fingerprint density at radius 1 is 1.21 bits per heavy atom. The lowest BCUT2D eigenvalue weighted by molar-refractivity contribution is -0.149. The van der Waals surface area contributed by atoms with Crippen LogP contribution in [-0.4, -0.2) is 60.0 Å². The van der Waals surface area contributed by atoms with E-state index in [1.54, 1.807) is 35.0 Å². The Morgan fingerprint density at radius 2 is 1.64 bits per heavy atom. The molecular weight excluding hydrogens is 184 g/mol. The fourth-order valence-corrected chi connectivity index (χ4v) is 0.705. The molecule has 0 bridgehead atoms. The number of rotatable bonds is 4. The van der Waals surface area contributed by atoms with Crippen LogP contribution in [0.25, 0.3) is 0 Å². The van der Waals surface area contributed by atoms with Crippen LogP contribution in [0.2, 0.25) is 0 Å². The van der Waals surface area contributed by atoms with Gasteiger partial charge in [-0.25, -0.2) is 0 Å². The van der Waals surface area contributed by atoms with E-state index in [1.807, 2.05) is 0 Å². The zero-order chi connectivity index (χ0) is 11.5. The highest BCUT2D eigenvalue weighted by atomic mass is 16.4. The highest BCUT2D eigenvalue weighted by molar-refractivity contribution is 5.81. The average Bonchev–Trinajstić information content (AvgIpc) is 2.03. The smallest absolute Gasteiger partial charge is 0.323 e. The fraction of sp³-hybridized carbons (Fsp3) is 0.778. The monoisotopic (exact) mass is 202 g/mol. The lowest BCUT2D eigenvalue weighted by atomic mass is 10.0. The average molecular weight is 202 g/mol. The molecule has 0 atom stereocenters. The Bertz CT molecular complexity index is 236. The first kappa shape index (κ1) is 12.9. The first-order valence-corrected chi connectivity index (χ1v) is 4.34. The van der Waals surface area contributed by atoms with Crippen molar-refractivity contribution in [3.63, 3.8) is 0 Å². The van der Waals surface area contributed by atoms with Crippen LogP contribution in [0.5, 0.6) is 0 Å². The van der Waals surface area contributed by atoms with Gasteiger partial charge in [-0.1, -0.05) is 0 Å². The molecule has 0 aromatic carbocycles. The van der Waals surface area contributed by atoms with Crippen molar-refractivity contribution in [2.24, 2.45) is 0 Å². The molecule has 0 aliphatic carbocycles. The van der Waals surface area contributed by atoms with Gasteiger partial charge >= 0.3 is 5.97 Å². The molecule has 0 aromatic heterocycles. The Balaban J connectivity index is 4.42. The third-order valence-electron chi connectivity index (χ3n) is 2.35.